The number of benzene rings is 3. The predicted molar refractivity (Wildman–Crippen MR) is 120 cm³/mol. The lowest BCUT2D eigenvalue weighted by Gasteiger charge is -2.34. The highest BCUT2D eigenvalue weighted by atomic mass is 16.4. The Morgan fingerprint density at radius 3 is 2.55 bits per heavy atom. The molecule has 5 nitrogen and oxygen atoms in total. The number of hydrogen-bond acceptors (Lipinski definition) is 2. The lowest BCUT2D eigenvalue weighted by atomic mass is 10.0. The summed E-state index contributed by atoms with van der Waals surface area (Å²) in [5.74, 6) is 5.45. The Hall–Kier alpha value is -4.04. The fourth-order valence-electron chi connectivity index (χ4n) is 3.61. The molecule has 2 N–H and O–H groups in total. The minimum Gasteiger partial charge on any atom is -0.478 e. The van der Waals surface area contributed by atoms with E-state index in [2.05, 4.69) is 29.3 Å². The summed E-state index contributed by atoms with van der Waals surface area (Å²) in [7, 11) is 0. The second-order valence-corrected chi connectivity index (χ2v) is 7.50. The van der Waals surface area contributed by atoms with E-state index in [0.717, 1.165) is 22.4 Å². The lowest BCUT2D eigenvalue weighted by Crippen LogP contribution is -2.40. The quantitative estimate of drug-likeness (QED) is 0.589. The first-order valence-electron chi connectivity index (χ1n) is 10.1. The topological polar surface area (TPSA) is 69.6 Å². The highest BCUT2D eigenvalue weighted by molar-refractivity contribution is 5.93. The lowest BCUT2D eigenvalue weighted by molar-refractivity contribution is 0.0696. The van der Waals surface area contributed by atoms with Crippen molar-refractivity contribution in [3.63, 3.8) is 0 Å². The number of amides is 2. The van der Waals surface area contributed by atoms with Gasteiger partial charge in [0.05, 0.1) is 18.2 Å². The highest BCUT2D eigenvalue weighted by Gasteiger charge is 2.27. The average molecular weight is 410 g/mol. The van der Waals surface area contributed by atoms with Crippen molar-refractivity contribution in [2.75, 3.05) is 5.32 Å². The Labute approximate surface area is 181 Å². The maximum Gasteiger partial charge on any atom is 0.335 e. The summed E-state index contributed by atoms with van der Waals surface area (Å²) in [6.07, 6.45) is 0.685. The second-order valence-electron chi connectivity index (χ2n) is 7.50. The van der Waals surface area contributed by atoms with Crippen LogP contribution in [0.2, 0.25) is 0 Å². The molecule has 1 heterocycles. The van der Waals surface area contributed by atoms with Crippen LogP contribution in [0, 0.1) is 11.8 Å². The molecule has 4 rings (SSSR count). The molecular weight excluding hydrogens is 388 g/mol. The monoisotopic (exact) mass is 410 g/mol. The molecule has 31 heavy (non-hydrogen) atoms. The van der Waals surface area contributed by atoms with Crippen molar-refractivity contribution in [3.8, 4) is 11.8 Å². The molecule has 0 saturated carbocycles. The first kappa shape index (κ1) is 20.2. The van der Waals surface area contributed by atoms with Crippen LogP contribution in [0.4, 0.5) is 10.5 Å². The first-order chi connectivity index (χ1) is 15.0. The molecular formula is C26H22N2O3. The number of nitrogens with zero attached hydrogens (tertiary/aromatic N) is 1. The Balaban J connectivity index is 1.51. The zero-order valence-corrected chi connectivity index (χ0v) is 17.1. The van der Waals surface area contributed by atoms with Gasteiger partial charge in [0, 0.05) is 17.7 Å². The van der Waals surface area contributed by atoms with E-state index in [1.54, 1.807) is 29.2 Å². The molecule has 0 fully saturated rings. The molecule has 154 valence electrons. The van der Waals surface area contributed by atoms with Crippen LogP contribution < -0.4 is 5.32 Å². The van der Waals surface area contributed by atoms with Gasteiger partial charge in [0.2, 0.25) is 0 Å². The van der Waals surface area contributed by atoms with Crippen molar-refractivity contribution >= 4 is 17.7 Å². The SMILES string of the molecule is CC(c1ccc(C(=O)O)cc1)N1Cc2cc(C#CCc3ccccc3)ccc2NC1=O. The Kier molecular flexibility index (Phi) is 5.72. The van der Waals surface area contributed by atoms with E-state index in [-0.39, 0.29) is 17.6 Å². The van der Waals surface area contributed by atoms with Gasteiger partial charge in [0.25, 0.3) is 0 Å². The van der Waals surface area contributed by atoms with Gasteiger partial charge in [-0.15, -0.1) is 0 Å². The number of aromatic carboxylic acids is 1. The van der Waals surface area contributed by atoms with Crippen LogP contribution in [0.15, 0.2) is 72.8 Å². The normalized spacial score (nSPS) is 13.5. The maximum absolute atomic E-state index is 12.7. The van der Waals surface area contributed by atoms with Crippen LogP contribution in [0.25, 0.3) is 0 Å². The van der Waals surface area contributed by atoms with Crippen molar-refractivity contribution in [2.24, 2.45) is 0 Å². The number of rotatable bonds is 4. The standard InChI is InChI=1S/C26H22N2O3/c1-18(21-11-13-22(14-12-21)25(29)30)28-17-23-16-20(10-15-24(23)27-26(28)31)9-5-8-19-6-3-2-4-7-19/h2-4,6-7,10-16,18H,8,17H2,1H3,(H,27,31)(H,29,30). The first-order valence-corrected chi connectivity index (χ1v) is 10.1. The van der Waals surface area contributed by atoms with E-state index >= 15 is 0 Å². The summed E-state index contributed by atoms with van der Waals surface area (Å²) in [5, 5.41) is 12.0. The van der Waals surface area contributed by atoms with Crippen LogP contribution in [0.1, 0.15) is 45.6 Å². The van der Waals surface area contributed by atoms with Crippen molar-refractivity contribution < 1.29 is 14.7 Å². The Bertz CT molecular complexity index is 1170. The van der Waals surface area contributed by atoms with Gasteiger partial charge >= 0.3 is 12.0 Å². The predicted octanol–water partition coefficient (Wildman–Crippen LogP) is 5.09. The zero-order chi connectivity index (χ0) is 21.8. The number of carboxylic acid groups (broad SMARTS) is 1. The molecule has 2 amide bonds. The van der Waals surface area contributed by atoms with E-state index < -0.39 is 5.97 Å². The van der Waals surface area contributed by atoms with Gasteiger partial charge in [-0.3, -0.25) is 0 Å². The third-order valence-corrected chi connectivity index (χ3v) is 5.42. The van der Waals surface area contributed by atoms with E-state index in [4.69, 9.17) is 5.11 Å². The number of anilines is 1. The third-order valence-electron chi connectivity index (χ3n) is 5.42. The molecule has 0 aliphatic carbocycles. The van der Waals surface area contributed by atoms with Crippen molar-refractivity contribution in [1.29, 1.82) is 0 Å². The minimum absolute atomic E-state index is 0.176. The van der Waals surface area contributed by atoms with Crippen molar-refractivity contribution in [2.45, 2.75) is 25.9 Å². The zero-order valence-electron chi connectivity index (χ0n) is 17.1. The molecule has 0 radical (unpaired) electrons. The van der Waals surface area contributed by atoms with Gasteiger partial charge in [0.1, 0.15) is 0 Å². The molecule has 1 aliphatic rings. The van der Waals surface area contributed by atoms with Crippen LogP contribution >= 0.6 is 0 Å². The van der Waals surface area contributed by atoms with Crippen molar-refractivity contribution in [3.05, 3.63) is 101 Å². The molecule has 1 atom stereocenters. The van der Waals surface area contributed by atoms with Gasteiger partial charge < -0.3 is 15.3 Å². The molecule has 0 bridgehead atoms. The number of fused-ring (bicyclic) bond motifs is 1. The number of carbonyl (C=O) groups excluding carboxylic acids is 1. The summed E-state index contributed by atoms with van der Waals surface area (Å²) < 4.78 is 0. The smallest absolute Gasteiger partial charge is 0.335 e. The summed E-state index contributed by atoms with van der Waals surface area (Å²) in [4.78, 5) is 25.5. The van der Waals surface area contributed by atoms with Gasteiger partial charge in [0.15, 0.2) is 0 Å². The van der Waals surface area contributed by atoms with E-state index in [1.165, 1.54) is 5.56 Å². The molecule has 0 spiro atoms. The third kappa shape index (κ3) is 4.59. The van der Waals surface area contributed by atoms with Gasteiger partial charge in [-0.1, -0.05) is 54.3 Å². The van der Waals surface area contributed by atoms with Gasteiger partial charge in [-0.2, -0.15) is 0 Å². The summed E-state index contributed by atoms with van der Waals surface area (Å²) in [6, 6.07) is 22.2. The van der Waals surface area contributed by atoms with Crippen LogP contribution in [0.3, 0.4) is 0 Å². The summed E-state index contributed by atoms with van der Waals surface area (Å²) >= 11 is 0. The molecule has 1 aliphatic heterocycles. The number of carbonyl (C=O) groups is 2. The van der Waals surface area contributed by atoms with Crippen LogP contribution in [0.5, 0.6) is 0 Å². The molecule has 3 aromatic carbocycles. The second kappa shape index (κ2) is 8.76. The maximum atomic E-state index is 12.7. The number of urea groups is 1. The van der Waals surface area contributed by atoms with Gasteiger partial charge in [-0.25, -0.2) is 9.59 Å². The average Bonchev–Trinajstić information content (AvgIpc) is 2.79. The van der Waals surface area contributed by atoms with Gasteiger partial charge in [-0.05, 0) is 53.9 Å². The highest BCUT2D eigenvalue weighted by Crippen LogP contribution is 2.30. The minimum atomic E-state index is -0.968. The molecule has 3 aromatic rings. The Morgan fingerprint density at radius 2 is 1.84 bits per heavy atom. The van der Waals surface area contributed by atoms with E-state index in [9.17, 15) is 9.59 Å². The Morgan fingerprint density at radius 1 is 1.10 bits per heavy atom. The summed E-state index contributed by atoms with van der Waals surface area (Å²) in [5.41, 5.74) is 4.98. The largest absolute Gasteiger partial charge is 0.478 e. The molecule has 5 heteroatoms. The molecule has 0 aromatic heterocycles. The van der Waals surface area contributed by atoms with E-state index in [0.29, 0.717) is 13.0 Å². The summed E-state index contributed by atoms with van der Waals surface area (Å²) in [6.45, 7) is 2.39. The van der Waals surface area contributed by atoms with Crippen LogP contribution in [-0.2, 0) is 13.0 Å². The van der Waals surface area contributed by atoms with Crippen LogP contribution in [-0.4, -0.2) is 22.0 Å². The number of hydrogen-bond donors (Lipinski definition) is 2. The number of carboxylic acids is 1. The molecule has 1 unspecified atom stereocenters. The fraction of sp³-hybridized carbons (Fsp3) is 0.154. The number of nitrogens with one attached hydrogen (secondary N) is 1. The molecule has 0 saturated heterocycles. The van der Waals surface area contributed by atoms with Crippen molar-refractivity contribution in [1.82, 2.24) is 4.90 Å². The van der Waals surface area contributed by atoms with E-state index in [1.807, 2.05) is 43.3 Å². The fourth-order valence-corrected chi connectivity index (χ4v) is 3.61.